The summed E-state index contributed by atoms with van der Waals surface area (Å²) in [5.74, 6) is -0.955. The van der Waals surface area contributed by atoms with Crippen LogP contribution in [0.3, 0.4) is 0 Å². The molecule has 0 saturated heterocycles. The molecule has 0 aliphatic rings. The average Bonchev–Trinajstić information content (AvgIpc) is 3.33. The van der Waals surface area contributed by atoms with Gasteiger partial charge in [-0.25, -0.2) is 0 Å². The quantitative estimate of drug-likeness (QED) is 0.0199. The van der Waals surface area contributed by atoms with E-state index in [9.17, 15) is 14.4 Å². The molecule has 0 heterocycles. The van der Waals surface area contributed by atoms with Gasteiger partial charge in [0.1, 0.15) is 13.2 Å². The Morgan fingerprint density at radius 1 is 0.328 bits per heavy atom. The van der Waals surface area contributed by atoms with Crippen LogP contribution < -0.4 is 0 Å². The molecule has 0 spiro atoms. The number of carbonyl (C=O) groups excluding carboxylic acids is 3. The van der Waals surface area contributed by atoms with E-state index in [1.807, 2.05) is 18.2 Å². The van der Waals surface area contributed by atoms with E-state index in [1.165, 1.54) is 77.0 Å². The van der Waals surface area contributed by atoms with Gasteiger partial charge in [-0.3, -0.25) is 14.4 Å². The molecular formula is C61H100O6. The molecule has 0 N–H and O–H groups in total. The Morgan fingerprint density at radius 3 is 1.10 bits per heavy atom. The summed E-state index contributed by atoms with van der Waals surface area (Å²) in [5, 5.41) is 0. The van der Waals surface area contributed by atoms with E-state index in [0.29, 0.717) is 19.3 Å². The summed E-state index contributed by atoms with van der Waals surface area (Å²) >= 11 is 0. The van der Waals surface area contributed by atoms with Crippen molar-refractivity contribution in [2.45, 2.75) is 245 Å². The predicted molar refractivity (Wildman–Crippen MR) is 288 cm³/mol. The molecule has 380 valence electrons. The Labute approximate surface area is 412 Å². The number of hydrogen-bond donors (Lipinski definition) is 0. The maximum absolute atomic E-state index is 12.8. The van der Waals surface area contributed by atoms with Gasteiger partial charge >= 0.3 is 17.9 Å². The summed E-state index contributed by atoms with van der Waals surface area (Å²) in [4.78, 5) is 38.1. The summed E-state index contributed by atoms with van der Waals surface area (Å²) in [6.07, 6.45) is 73.6. The van der Waals surface area contributed by atoms with E-state index in [4.69, 9.17) is 14.2 Å². The van der Waals surface area contributed by atoms with E-state index >= 15 is 0 Å². The van der Waals surface area contributed by atoms with Gasteiger partial charge in [-0.05, 0) is 83.5 Å². The van der Waals surface area contributed by atoms with Gasteiger partial charge in [0, 0.05) is 19.3 Å². The monoisotopic (exact) mass is 929 g/mol. The van der Waals surface area contributed by atoms with Gasteiger partial charge in [0.15, 0.2) is 6.10 Å². The van der Waals surface area contributed by atoms with Gasteiger partial charge in [-0.2, -0.15) is 0 Å². The lowest BCUT2D eigenvalue weighted by molar-refractivity contribution is -0.167. The fraction of sp³-hybridized carbons (Fsp3) is 0.656. The highest BCUT2D eigenvalue weighted by molar-refractivity contribution is 5.71. The van der Waals surface area contributed by atoms with Crippen LogP contribution in [0.25, 0.3) is 0 Å². The molecule has 0 fully saturated rings. The molecule has 0 saturated carbocycles. The second-order valence-corrected chi connectivity index (χ2v) is 17.8. The number of allylic oxidation sites excluding steroid dienone is 18. The minimum atomic E-state index is -0.805. The molecular weight excluding hydrogens is 829 g/mol. The molecule has 0 amide bonds. The molecule has 1 unspecified atom stereocenters. The minimum absolute atomic E-state index is 0.0985. The molecule has 6 heteroatoms. The lowest BCUT2D eigenvalue weighted by Crippen LogP contribution is -2.30. The predicted octanol–water partition coefficient (Wildman–Crippen LogP) is 18.3. The Bertz CT molecular complexity index is 1390. The van der Waals surface area contributed by atoms with Crippen molar-refractivity contribution >= 4 is 17.9 Å². The zero-order valence-electron chi connectivity index (χ0n) is 43.4. The Hall–Kier alpha value is -3.93. The molecule has 0 aliphatic carbocycles. The van der Waals surface area contributed by atoms with Crippen molar-refractivity contribution in [1.29, 1.82) is 0 Å². The van der Waals surface area contributed by atoms with Gasteiger partial charge in [0.05, 0.1) is 0 Å². The summed E-state index contributed by atoms with van der Waals surface area (Å²) in [5.41, 5.74) is 0. The van der Waals surface area contributed by atoms with Crippen molar-refractivity contribution in [2.24, 2.45) is 0 Å². The van der Waals surface area contributed by atoms with Crippen molar-refractivity contribution in [3.8, 4) is 0 Å². The first-order valence-electron chi connectivity index (χ1n) is 27.4. The second kappa shape index (κ2) is 54.7. The van der Waals surface area contributed by atoms with Crippen LogP contribution in [-0.2, 0) is 28.6 Å². The van der Waals surface area contributed by atoms with Crippen LogP contribution in [0.1, 0.15) is 239 Å². The van der Waals surface area contributed by atoms with Crippen LogP contribution in [-0.4, -0.2) is 37.2 Å². The first-order valence-corrected chi connectivity index (χ1v) is 27.4. The third-order valence-electron chi connectivity index (χ3n) is 11.4. The Kier molecular flexibility index (Phi) is 51.5. The fourth-order valence-electron chi connectivity index (χ4n) is 7.30. The summed E-state index contributed by atoms with van der Waals surface area (Å²) in [6, 6.07) is 0. The fourth-order valence-corrected chi connectivity index (χ4v) is 7.30. The number of esters is 3. The third-order valence-corrected chi connectivity index (χ3v) is 11.4. The average molecular weight is 929 g/mol. The molecule has 0 aromatic carbocycles. The Morgan fingerprint density at radius 2 is 0.657 bits per heavy atom. The lowest BCUT2D eigenvalue weighted by Gasteiger charge is -2.18. The van der Waals surface area contributed by atoms with Crippen LogP contribution in [0, 0.1) is 0 Å². The smallest absolute Gasteiger partial charge is 0.306 e. The highest BCUT2D eigenvalue weighted by atomic mass is 16.6. The molecule has 67 heavy (non-hydrogen) atoms. The topological polar surface area (TPSA) is 78.9 Å². The number of ether oxygens (including phenoxy) is 3. The van der Waals surface area contributed by atoms with Gasteiger partial charge in [0.25, 0.3) is 0 Å². The number of rotatable bonds is 48. The zero-order chi connectivity index (χ0) is 48.6. The SMILES string of the molecule is CC\C=C/C=C\C=C/C=C\CCCCCCCC(=O)OC(COC(=O)CCCCC/C=C\C/C=C\C/C=C\C/C=C\C/C=C\CC)COC(=O)CCCCCCCCCCCCCCCCC. The third kappa shape index (κ3) is 52.9. The van der Waals surface area contributed by atoms with Gasteiger partial charge in [0.2, 0.25) is 0 Å². The maximum Gasteiger partial charge on any atom is 0.306 e. The molecule has 0 aromatic rings. The summed E-state index contributed by atoms with van der Waals surface area (Å²) < 4.78 is 16.8. The summed E-state index contributed by atoms with van der Waals surface area (Å²) in [6.45, 7) is 6.34. The van der Waals surface area contributed by atoms with Gasteiger partial charge in [-0.1, -0.05) is 246 Å². The number of hydrogen-bond acceptors (Lipinski definition) is 6. The van der Waals surface area contributed by atoms with Crippen LogP contribution in [0.2, 0.25) is 0 Å². The van der Waals surface area contributed by atoms with Crippen LogP contribution >= 0.6 is 0 Å². The lowest BCUT2D eigenvalue weighted by atomic mass is 10.0. The van der Waals surface area contributed by atoms with Crippen molar-refractivity contribution < 1.29 is 28.6 Å². The molecule has 6 nitrogen and oxygen atoms in total. The van der Waals surface area contributed by atoms with Gasteiger partial charge < -0.3 is 14.2 Å². The molecule has 0 bridgehead atoms. The molecule has 0 radical (unpaired) electrons. The Balaban J connectivity index is 4.49. The normalized spacial score (nSPS) is 12.9. The second-order valence-electron chi connectivity index (χ2n) is 17.8. The van der Waals surface area contributed by atoms with Crippen molar-refractivity contribution in [1.82, 2.24) is 0 Å². The first-order chi connectivity index (χ1) is 33.0. The highest BCUT2D eigenvalue weighted by Crippen LogP contribution is 2.15. The number of carbonyl (C=O) groups is 3. The van der Waals surface area contributed by atoms with E-state index in [1.54, 1.807) is 0 Å². The maximum atomic E-state index is 12.8. The van der Waals surface area contributed by atoms with Crippen LogP contribution in [0.5, 0.6) is 0 Å². The van der Waals surface area contributed by atoms with Crippen LogP contribution in [0.4, 0.5) is 0 Å². The summed E-state index contributed by atoms with van der Waals surface area (Å²) in [7, 11) is 0. The van der Waals surface area contributed by atoms with E-state index < -0.39 is 6.10 Å². The van der Waals surface area contributed by atoms with E-state index in [-0.39, 0.29) is 31.1 Å². The highest BCUT2D eigenvalue weighted by Gasteiger charge is 2.19. The van der Waals surface area contributed by atoms with Crippen molar-refractivity contribution in [2.75, 3.05) is 13.2 Å². The first kappa shape index (κ1) is 63.1. The van der Waals surface area contributed by atoms with Crippen LogP contribution in [0.15, 0.2) is 109 Å². The van der Waals surface area contributed by atoms with Gasteiger partial charge in [-0.15, -0.1) is 0 Å². The van der Waals surface area contributed by atoms with Crippen molar-refractivity contribution in [3.63, 3.8) is 0 Å². The largest absolute Gasteiger partial charge is 0.462 e. The van der Waals surface area contributed by atoms with E-state index in [0.717, 1.165) is 122 Å². The minimum Gasteiger partial charge on any atom is -0.462 e. The molecule has 0 rings (SSSR count). The van der Waals surface area contributed by atoms with Crippen molar-refractivity contribution in [3.05, 3.63) is 109 Å². The zero-order valence-corrected chi connectivity index (χ0v) is 43.4. The molecule has 0 aliphatic heterocycles. The molecule has 1 atom stereocenters. The number of unbranched alkanes of at least 4 members (excludes halogenated alkanes) is 22. The molecule has 0 aromatic heterocycles. The standard InChI is InChI=1S/C61H100O6/c1-4-7-10-13-16-19-22-25-28-29-30-31-34-36-39-42-45-48-51-54-60(63)66-57-58(67-61(64)55-52-49-46-43-40-37-33-27-24-21-18-15-12-9-6-3)56-65-59(62)53-50-47-44-41-38-35-32-26-23-20-17-14-11-8-5-2/h7,9-10,12,15-16,18-19,21,24-25,27-28,30-31,33,36,39,58H,4-6,8,11,13-14,17,20,22-23,26,29,32,34-35,37-38,40-57H2,1-3H3/b10-7-,12-9-,18-15-,19-16-,24-21-,28-25-,31-30-,33-27-,39-36-. The van der Waals surface area contributed by atoms with E-state index in [2.05, 4.69) is 112 Å².